The predicted octanol–water partition coefficient (Wildman–Crippen LogP) is 4.50. The summed E-state index contributed by atoms with van der Waals surface area (Å²) in [6.45, 7) is 0.0864. The zero-order chi connectivity index (χ0) is 24.5. The number of hydrogen-bond acceptors (Lipinski definition) is 4. The van der Waals surface area contributed by atoms with E-state index in [9.17, 15) is 14.4 Å². The van der Waals surface area contributed by atoms with Crippen molar-refractivity contribution in [1.82, 2.24) is 15.8 Å². The van der Waals surface area contributed by atoms with Crippen LogP contribution in [-0.2, 0) is 9.59 Å². The van der Waals surface area contributed by atoms with Crippen LogP contribution in [0.3, 0.4) is 0 Å². The Kier molecular flexibility index (Phi) is 8.04. The number of nitrogens with zero attached hydrogens (tertiary/aromatic N) is 1. The molecule has 176 valence electrons. The van der Waals surface area contributed by atoms with E-state index in [1.54, 1.807) is 37.2 Å². The fourth-order valence-electron chi connectivity index (χ4n) is 3.34. The lowest BCUT2D eigenvalue weighted by Crippen LogP contribution is -2.45. The fraction of sp³-hybridized carbons (Fsp3) is 0.286. The van der Waals surface area contributed by atoms with Gasteiger partial charge in [0, 0.05) is 21.7 Å². The van der Waals surface area contributed by atoms with Gasteiger partial charge in [0.25, 0.3) is 11.8 Å². The molecule has 0 saturated heterocycles. The van der Waals surface area contributed by atoms with E-state index in [0.717, 1.165) is 0 Å². The van der Waals surface area contributed by atoms with E-state index in [4.69, 9.17) is 58.0 Å². The predicted molar refractivity (Wildman–Crippen MR) is 131 cm³/mol. The number of hydrazine groups is 1. The van der Waals surface area contributed by atoms with Crippen LogP contribution in [0.2, 0.25) is 15.1 Å². The second kappa shape index (κ2) is 10.3. The molecule has 33 heavy (non-hydrogen) atoms. The molecule has 1 saturated carbocycles. The first-order valence-electron chi connectivity index (χ1n) is 9.58. The third-order valence-electron chi connectivity index (χ3n) is 4.83. The number of benzene rings is 2. The second-order valence-electron chi connectivity index (χ2n) is 7.76. The molecule has 0 aliphatic heterocycles. The van der Waals surface area contributed by atoms with Crippen LogP contribution in [0.15, 0.2) is 36.4 Å². The van der Waals surface area contributed by atoms with Gasteiger partial charge in [-0.05, 0) is 56.1 Å². The molecule has 3 N–H and O–H groups in total. The average molecular weight is 553 g/mol. The molecular weight excluding hydrogens is 534 g/mol. The highest BCUT2D eigenvalue weighted by Gasteiger charge is 2.67. The lowest BCUT2D eigenvalue weighted by atomic mass is 10.1. The number of rotatable bonds is 6. The monoisotopic (exact) mass is 550 g/mol. The van der Waals surface area contributed by atoms with Gasteiger partial charge in [-0.1, -0.05) is 34.8 Å². The minimum Gasteiger partial charge on any atom is -0.326 e. The molecule has 2 aromatic rings. The number of nitrogens with one attached hydrogen (secondary N) is 3. The first-order chi connectivity index (χ1) is 15.4. The maximum Gasteiger partial charge on any atom is 0.271 e. The summed E-state index contributed by atoms with van der Waals surface area (Å²) in [4.78, 5) is 38.7. The lowest BCUT2D eigenvalue weighted by Gasteiger charge is -2.12. The molecule has 0 aromatic heterocycles. The number of carbonyl (C=O) groups is 3. The summed E-state index contributed by atoms with van der Waals surface area (Å²) < 4.78 is -1.35. The van der Waals surface area contributed by atoms with Crippen molar-refractivity contribution < 1.29 is 14.4 Å². The van der Waals surface area contributed by atoms with Crippen molar-refractivity contribution in [1.29, 1.82) is 0 Å². The van der Waals surface area contributed by atoms with Gasteiger partial charge in [0.2, 0.25) is 5.91 Å². The van der Waals surface area contributed by atoms with Crippen LogP contribution in [0.4, 0.5) is 5.69 Å². The summed E-state index contributed by atoms with van der Waals surface area (Å²) in [6.07, 6.45) is 0. The van der Waals surface area contributed by atoms with Crippen molar-refractivity contribution in [3.05, 3.63) is 62.6 Å². The number of amides is 3. The quantitative estimate of drug-likeness (QED) is 0.364. The van der Waals surface area contributed by atoms with E-state index in [1.807, 2.05) is 0 Å². The number of alkyl halides is 2. The molecule has 1 aliphatic carbocycles. The molecule has 1 fully saturated rings. The molecule has 2 unspecified atom stereocenters. The van der Waals surface area contributed by atoms with Gasteiger partial charge in [-0.3, -0.25) is 25.2 Å². The molecule has 3 rings (SSSR count). The van der Waals surface area contributed by atoms with Crippen LogP contribution in [0.1, 0.15) is 21.8 Å². The van der Waals surface area contributed by atoms with E-state index in [0.29, 0.717) is 21.3 Å². The van der Waals surface area contributed by atoms with Crippen molar-refractivity contribution >= 4 is 81.4 Å². The normalized spacial score (nSPS) is 18.5. The largest absolute Gasteiger partial charge is 0.326 e. The van der Waals surface area contributed by atoms with Gasteiger partial charge in [-0.2, -0.15) is 0 Å². The van der Waals surface area contributed by atoms with Crippen molar-refractivity contribution in [2.45, 2.75) is 10.3 Å². The highest BCUT2D eigenvalue weighted by atomic mass is 35.5. The van der Waals surface area contributed by atoms with Gasteiger partial charge >= 0.3 is 0 Å². The molecule has 0 spiro atoms. The highest BCUT2D eigenvalue weighted by Crippen LogP contribution is 2.65. The van der Waals surface area contributed by atoms with E-state index >= 15 is 0 Å². The van der Waals surface area contributed by atoms with Gasteiger partial charge < -0.3 is 10.2 Å². The first-order valence-corrected chi connectivity index (χ1v) is 11.5. The Hall–Kier alpha value is -1.74. The SMILES string of the molecule is CN(C)CC(=O)NNC(=O)c1cc(NC(=O)C2C(c3cc(Cl)cc(Cl)c3)C2(Cl)Cl)ccc1Cl. The highest BCUT2D eigenvalue weighted by molar-refractivity contribution is 6.53. The van der Waals surface area contributed by atoms with Gasteiger partial charge in [-0.25, -0.2) is 0 Å². The second-order valence-corrected chi connectivity index (χ2v) is 10.5. The minimum atomic E-state index is -1.35. The number of anilines is 1. The van der Waals surface area contributed by atoms with Gasteiger partial charge in [-0.15, -0.1) is 23.2 Å². The molecule has 3 amide bonds. The Bertz CT molecular complexity index is 1090. The summed E-state index contributed by atoms with van der Waals surface area (Å²) in [6, 6.07) is 9.23. The zero-order valence-corrected chi connectivity index (χ0v) is 21.2. The summed E-state index contributed by atoms with van der Waals surface area (Å²) in [5, 5.41) is 3.63. The van der Waals surface area contributed by atoms with Crippen LogP contribution in [0, 0.1) is 5.92 Å². The molecule has 0 radical (unpaired) electrons. The number of likely N-dealkylation sites (N-methyl/N-ethyl adjacent to an activating group) is 1. The summed E-state index contributed by atoms with van der Waals surface area (Å²) >= 11 is 31.0. The van der Waals surface area contributed by atoms with E-state index in [-0.39, 0.29) is 17.1 Å². The Morgan fingerprint density at radius 3 is 2.21 bits per heavy atom. The Balaban J connectivity index is 1.70. The van der Waals surface area contributed by atoms with Crippen molar-refractivity contribution in [2.75, 3.05) is 26.0 Å². The molecule has 0 bridgehead atoms. The van der Waals surface area contributed by atoms with Crippen molar-refractivity contribution in [2.24, 2.45) is 5.92 Å². The van der Waals surface area contributed by atoms with Gasteiger partial charge in [0.05, 0.1) is 23.0 Å². The summed E-state index contributed by atoms with van der Waals surface area (Å²) in [5.74, 6) is -2.79. The van der Waals surface area contributed by atoms with Gasteiger partial charge in [0.15, 0.2) is 0 Å². The maximum atomic E-state index is 12.9. The topological polar surface area (TPSA) is 90.5 Å². The third kappa shape index (κ3) is 6.23. The average Bonchev–Trinajstić information content (AvgIpc) is 3.28. The Labute approximate surface area is 215 Å². The molecule has 2 atom stereocenters. The van der Waals surface area contributed by atoms with E-state index in [2.05, 4.69) is 16.2 Å². The van der Waals surface area contributed by atoms with Crippen LogP contribution >= 0.6 is 58.0 Å². The molecule has 7 nitrogen and oxygen atoms in total. The third-order valence-corrected chi connectivity index (χ3v) is 6.54. The van der Waals surface area contributed by atoms with Crippen molar-refractivity contribution in [3.8, 4) is 0 Å². The molecule has 1 aliphatic rings. The minimum absolute atomic E-state index is 0.0524. The molecular formula is C21H19Cl5N4O3. The van der Waals surface area contributed by atoms with E-state index < -0.39 is 33.9 Å². The first kappa shape index (κ1) is 25.9. The number of halogens is 5. The zero-order valence-electron chi connectivity index (χ0n) is 17.4. The molecule has 12 heteroatoms. The molecule has 0 heterocycles. The lowest BCUT2D eigenvalue weighted by molar-refractivity contribution is -0.122. The van der Waals surface area contributed by atoms with Gasteiger partial charge in [0.1, 0.15) is 4.33 Å². The fourth-order valence-corrected chi connectivity index (χ4v) is 4.91. The number of hydrogen-bond donors (Lipinski definition) is 3. The standard InChI is InChI=1S/C21H19Cl5N4O3/c1-30(2)9-16(31)28-29-19(32)14-8-13(3-4-15(14)24)27-20(33)18-17(21(18,25)26)10-5-11(22)7-12(23)6-10/h3-8,17-18H,9H2,1-2H3,(H,27,33)(H,28,31)(H,29,32). The summed E-state index contributed by atoms with van der Waals surface area (Å²) in [7, 11) is 3.43. The molecule has 2 aromatic carbocycles. The van der Waals surface area contributed by atoms with Crippen LogP contribution in [-0.4, -0.2) is 47.6 Å². The van der Waals surface area contributed by atoms with Crippen LogP contribution in [0.5, 0.6) is 0 Å². The van der Waals surface area contributed by atoms with Crippen molar-refractivity contribution in [3.63, 3.8) is 0 Å². The van der Waals surface area contributed by atoms with Crippen LogP contribution < -0.4 is 16.2 Å². The maximum absolute atomic E-state index is 12.9. The summed E-state index contributed by atoms with van der Waals surface area (Å²) in [5.41, 5.74) is 5.56. The Morgan fingerprint density at radius 1 is 0.970 bits per heavy atom. The number of carbonyl (C=O) groups excluding carboxylic acids is 3. The Morgan fingerprint density at radius 2 is 1.61 bits per heavy atom. The smallest absolute Gasteiger partial charge is 0.271 e. The van der Waals surface area contributed by atoms with E-state index in [1.165, 1.54) is 18.2 Å². The van der Waals surface area contributed by atoms with Crippen LogP contribution in [0.25, 0.3) is 0 Å².